The number of rotatable bonds is 6. The summed E-state index contributed by atoms with van der Waals surface area (Å²) in [5.74, 6) is 1.05. The van der Waals surface area contributed by atoms with Crippen LogP contribution < -0.4 is 15.8 Å². The van der Waals surface area contributed by atoms with Gasteiger partial charge in [0, 0.05) is 17.4 Å². The summed E-state index contributed by atoms with van der Waals surface area (Å²) < 4.78 is 5.37. The first kappa shape index (κ1) is 17.1. The van der Waals surface area contributed by atoms with Crippen LogP contribution in [0.15, 0.2) is 35.5 Å². The van der Waals surface area contributed by atoms with Gasteiger partial charge in [-0.15, -0.1) is 0 Å². The Balaban J connectivity index is 1.96. The summed E-state index contributed by atoms with van der Waals surface area (Å²) in [5.41, 5.74) is 7.19. The van der Waals surface area contributed by atoms with E-state index in [4.69, 9.17) is 10.5 Å². The van der Waals surface area contributed by atoms with E-state index in [2.05, 4.69) is 15.3 Å². The standard InChI is InChI=1S/C16H20N4O2S/c1-4-22-13-7-5-12(6-8-13)19-15(21)11(3)23-16-18-10(2)9-14(17)20-16/h5-9,11H,4H2,1-3H3,(H,19,21)(H2,17,18,20)/t11-/m1/s1. The Morgan fingerprint density at radius 3 is 2.65 bits per heavy atom. The Morgan fingerprint density at radius 1 is 1.35 bits per heavy atom. The van der Waals surface area contributed by atoms with Gasteiger partial charge in [-0.05, 0) is 45.0 Å². The number of anilines is 2. The van der Waals surface area contributed by atoms with Crippen LogP contribution in [0, 0.1) is 6.92 Å². The molecule has 0 unspecified atom stereocenters. The van der Waals surface area contributed by atoms with Gasteiger partial charge in [-0.1, -0.05) is 11.8 Å². The fourth-order valence-corrected chi connectivity index (χ4v) is 2.71. The number of carbonyl (C=O) groups excluding carboxylic acids is 1. The molecule has 0 saturated carbocycles. The minimum Gasteiger partial charge on any atom is -0.494 e. The van der Waals surface area contributed by atoms with Gasteiger partial charge < -0.3 is 15.8 Å². The molecule has 1 atom stereocenters. The molecular weight excluding hydrogens is 312 g/mol. The summed E-state index contributed by atoms with van der Waals surface area (Å²) in [4.78, 5) is 20.6. The molecule has 1 aromatic carbocycles. The van der Waals surface area contributed by atoms with Crippen LogP contribution in [0.3, 0.4) is 0 Å². The van der Waals surface area contributed by atoms with E-state index >= 15 is 0 Å². The van der Waals surface area contributed by atoms with Crippen molar-refractivity contribution in [2.75, 3.05) is 17.7 Å². The predicted octanol–water partition coefficient (Wildman–Crippen LogP) is 2.89. The van der Waals surface area contributed by atoms with Crippen LogP contribution >= 0.6 is 11.8 Å². The van der Waals surface area contributed by atoms with Gasteiger partial charge in [0.15, 0.2) is 5.16 Å². The third kappa shape index (κ3) is 5.14. The first-order valence-corrected chi connectivity index (χ1v) is 8.17. The van der Waals surface area contributed by atoms with Gasteiger partial charge in [0.1, 0.15) is 11.6 Å². The van der Waals surface area contributed by atoms with E-state index in [1.165, 1.54) is 11.8 Å². The third-order valence-electron chi connectivity index (χ3n) is 2.94. The number of nitrogens with two attached hydrogens (primary N) is 1. The number of carbonyl (C=O) groups is 1. The Labute approximate surface area is 139 Å². The Kier molecular flexibility index (Phi) is 5.81. The average Bonchev–Trinajstić information content (AvgIpc) is 2.48. The molecule has 0 radical (unpaired) electrons. The largest absolute Gasteiger partial charge is 0.494 e. The van der Waals surface area contributed by atoms with Crippen LogP contribution in [0.4, 0.5) is 11.5 Å². The van der Waals surface area contributed by atoms with Crippen molar-refractivity contribution >= 4 is 29.2 Å². The number of nitrogens with zero attached hydrogens (tertiary/aromatic N) is 2. The first-order chi connectivity index (χ1) is 11.0. The molecule has 6 nitrogen and oxygen atoms in total. The fraction of sp³-hybridized carbons (Fsp3) is 0.312. The highest BCUT2D eigenvalue weighted by molar-refractivity contribution is 8.00. The van der Waals surface area contributed by atoms with Gasteiger partial charge in [-0.3, -0.25) is 4.79 Å². The highest BCUT2D eigenvalue weighted by Gasteiger charge is 2.16. The van der Waals surface area contributed by atoms with Crippen LogP contribution in [0.2, 0.25) is 0 Å². The fourth-order valence-electron chi connectivity index (χ4n) is 1.87. The lowest BCUT2D eigenvalue weighted by Gasteiger charge is -2.12. The van der Waals surface area contributed by atoms with Crippen LogP contribution in [-0.4, -0.2) is 27.7 Å². The number of aromatic nitrogens is 2. The number of aryl methyl sites for hydroxylation is 1. The molecule has 1 amide bonds. The minimum atomic E-state index is -0.345. The Bertz CT molecular complexity index is 656. The normalized spacial score (nSPS) is 11.8. The number of thioether (sulfide) groups is 1. The lowest BCUT2D eigenvalue weighted by Crippen LogP contribution is -2.22. The summed E-state index contributed by atoms with van der Waals surface area (Å²) in [6.07, 6.45) is 0. The van der Waals surface area contributed by atoms with Gasteiger partial charge in [-0.2, -0.15) is 0 Å². The zero-order chi connectivity index (χ0) is 16.8. The summed E-state index contributed by atoms with van der Waals surface area (Å²) in [6, 6.07) is 8.94. The molecule has 1 heterocycles. The molecule has 0 aliphatic rings. The first-order valence-electron chi connectivity index (χ1n) is 7.29. The summed E-state index contributed by atoms with van der Waals surface area (Å²) in [5, 5.41) is 3.01. The highest BCUT2D eigenvalue weighted by Crippen LogP contribution is 2.22. The van der Waals surface area contributed by atoms with E-state index in [1.807, 2.05) is 26.0 Å². The molecular formula is C16H20N4O2S. The zero-order valence-electron chi connectivity index (χ0n) is 13.4. The van der Waals surface area contributed by atoms with Gasteiger partial charge in [0.2, 0.25) is 5.91 Å². The van der Waals surface area contributed by atoms with Gasteiger partial charge in [0.25, 0.3) is 0 Å². The summed E-state index contributed by atoms with van der Waals surface area (Å²) in [7, 11) is 0. The molecule has 0 saturated heterocycles. The average molecular weight is 332 g/mol. The second kappa shape index (κ2) is 7.82. The molecule has 3 N–H and O–H groups in total. The molecule has 2 aromatic rings. The number of nitrogen functional groups attached to an aromatic ring is 1. The molecule has 0 bridgehead atoms. The number of hydrogen-bond donors (Lipinski definition) is 2. The van der Waals surface area contributed by atoms with Crippen molar-refractivity contribution in [3.63, 3.8) is 0 Å². The number of amides is 1. The highest BCUT2D eigenvalue weighted by atomic mass is 32.2. The number of hydrogen-bond acceptors (Lipinski definition) is 6. The zero-order valence-corrected chi connectivity index (χ0v) is 14.2. The quantitative estimate of drug-likeness (QED) is 0.624. The second-order valence-corrected chi connectivity index (χ2v) is 6.23. The third-order valence-corrected chi connectivity index (χ3v) is 3.90. The van der Waals surface area contributed by atoms with Crippen molar-refractivity contribution in [1.82, 2.24) is 9.97 Å². The predicted molar refractivity (Wildman–Crippen MR) is 92.7 cm³/mol. The summed E-state index contributed by atoms with van der Waals surface area (Å²) in [6.45, 7) is 6.18. The van der Waals surface area contributed by atoms with Crippen LogP contribution in [0.5, 0.6) is 5.75 Å². The maximum atomic E-state index is 12.2. The maximum absolute atomic E-state index is 12.2. The van der Waals surface area contributed by atoms with E-state index in [0.717, 1.165) is 17.1 Å². The van der Waals surface area contributed by atoms with Gasteiger partial charge >= 0.3 is 0 Å². The summed E-state index contributed by atoms with van der Waals surface area (Å²) >= 11 is 1.27. The van der Waals surface area contributed by atoms with E-state index in [0.29, 0.717) is 17.6 Å². The number of benzene rings is 1. The molecule has 2 rings (SSSR count). The van der Waals surface area contributed by atoms with E-state index < -0.39 is 0 Å². The van der Waals surface area contributed by atoms with Crippen LogP contribution in [-0.2, 0) is 4.79 Å². The molecule has 7 heteroatoms. The van der Waals surface area contributed by atoms with Crippen LogP contribution in [0.25, 0.3) is 0 Å². The number of ether oxygens (including phenoxy) is 1. The molecule has 0 aliphatic heterocycles. The lowest BCUT2D eigenvalue weighted by atomic mass is 10.3. The van der Waals surface area contributed by atoms with Crippen molar-refractivity contribution in [3.05, 3.63) is 36.0 Å². The van der Waals surface area contributed by atoms with Crippen molar-refractivity contribution in [2.24, 2.45) is 0 Å². The van der Waals surface area contributed by atoms with E-state index in [1.54, 1.807) is 25.1 Å². The SMILES string of the molecule is CCOc1ccc(NC(=O)[C@@H](C)Sc2nc(C)cc(N)n2)cc1. The van der Waals surface area contributed by atoms with Crippen molar-refractivity contribution in [1.29, 1.82) is 0 Å². The van der Waals surface area contributed by atoms with Crippen molar-refractivity contribution in [2.45, 2.75) is 31.2 Å². The monoisotopic (exact) mass is 332 g/mol. The van der Waals surface area contributed by atoms with Crippen LogP contribution in [0.1, 0.15) is 19.5 Å². The topological polar surface area (TPSA) is 90.1 Å². The van der Waals surface area contributed by atoms with Gasteiger partial charge in [0.05, 0.1) is 11.9 Å². The molecule has 122 valence electrons. The number of nitrogens with one attached hydrogen (secondary N) is 1. The molecule has 0 spiro atoms. The molecule has 0 aliphatic carbocycles. The minimum absolute atomic E-state index is 0.122. The maximum Gasteiger partial charge on any atom is 0.237 e. The lowest BCUT2D eigenvalue weighted by molar-refractivity contribution is -0.115. The van der Waals surface area contributed by atoms with E-state index in [9.17, 15) is 4.79 Å². The van der Waals surface area contributed by atoms with Crippen molar-refractivity contribution in [3.8, 4) is 5.75 Å². The Hall–Kier alpha value is -2.28. The smallest absolute Gasteiger partial charge is 0.237 e. The molecule has 1 aromatic heterocycles. The Morgan fingerprint density at radius 2 is 2.04 bits per heavy atom. The van der Waals surface area contributed by atoms with Crippen molar-refractivity contribution < 1.29 is 9.53 Å². The molecule has 0 fully saturated rings. The van der Waals surface area contributed by atoms with Gasteiger partial charge in [-0.25, -0.2) is 9.97 Å². The molecule has 23 heavy (non-hydrogen) atoms. The van der Waals surface area contributed by atoms with E-state index in [-0.39, 0.29) is 11.2 Å². The second-order valence-electron chi connectivity index (χ2n) is 4.92.